The number of hydrogen-bond acceptors (Lipinski definition) is 0. The Morgan fingerprint density at radius 3 is 1.47 bits per heavy atom. The summed E-state index contributed by atoms with van der Waals surface area (Å²) in [7, 11) is 0. The molecule has 0 amide bonds. The fraction of sp³-hybridized carbons (Fsp3) is 0.0667. The SMILES string of the molecule is [2H]C#CC#CC#CC#CC#CC#CC#CC. The van der Waals surface area contributed by atoms with Gasteiger partial charge >= 0.3 is 0 Å². The first-order valence-corrected chi connectivity index (χ1v) is 3.75. The van der Waals surface area contributed by atoms with Crippen molar-refractivity contribution in [3.63, 3.8) is 0 Å². The Morgan fingerprint density at radius 1 is 0.667 bits per heavy atom. The summed E-state index contributed by atoms with van der Waals surface area (Å²) in [4.78, 5) is 0. The third kappa shape index (κ3) is 10.9. The van der Waals surface area contributed by atoms with Gasteiger partial charge in [-0.3, -0.25) is 0 Å². The van der Waals surface area contributed by atoms with Gasteiger partial charge in [-0.25, -0.2) is 0 Å². The predicted octanol–water partition coefficient (Wildman–Crippen LogP) is 0.660. The van der Waals surface area contributed by atoms with Crippen molar-refractivity contribution in [3.05, 3.63) is 0 Å². The van der Waals surface area contributed by atoms with Crippen molar-refractivity contribution in [1.82, 2.24) is 0 Å². The highest BCUT2D eigenvalue weighted by Crippen LogP contribution is 1.56. The molecule has 0 nitrogen and oxygen atoms in total. The lowest BCUT2D eigenvalue weighted by atomic mass is 10.5. The van der Waals surface area contributed by atoms with Crippen molar-refractivity contribution in [2.75, 3.05) is 0 Å². The molecule has 0 unspecified atom stereocenters. The van der Waals surface area contributed by atoms with E-state index in [9.17, 15) is 0 Å². The zero-order chi connectivity index (χ0) is 11.9. The molecule has 0 saturated heterocycles. The van der Waals surface area contributed by atoms with Gasteiger partial charge in [-0.15, -0.1) is 6.40 Å². The van der Waals surface area contributed by atoms with Crippen LogP contribution in [0.3, 0.4) is 0 Å². The molecule has 0 aromatic carbocycles. The van der Waals surface area contributed by atoms with Crippen LogP contribution in [-0.4, -0.2) is 0 Å². The van der Waals surface area contributed by atoms with E-state index < -0.39 is 0 Å². The van der Waals surface area contributed by atoms with Crippen molar-refractivity contribution in [1.29, 1.82) is 0 Å². The fourth-order valence-electron chi connectivity index (χ4n) is 0.375. The summed E-state index contributed by atoms with van der Waals surface area (Å²) < 4.78 is 6.46. The zero-order valence-electron chi connectivity index (χ0n) is 9.00. The first-order valence-electron chi connectivity index (χ1n) is 4.25. The van der Waals surface area contributed by atoms with E-state index in [0.717, 1.165) is 0 Å². The summed E-state index contributed by atoms with van der Waals surface area (Å²) in [5, 5.41) is 0. The van der Waals surface area contributed by atoms with Crippen LogP contribution < -0.4 is 0 Å². The second-order valence-corrected chi connectivity index (χ2v) is 1.75. The maximum atomic E-state index is 6.46. The normalized spacial score (nSPS) is 4.20. The molecule has 0 bridgehead atoms. The van der Waals surface area contributed by atoms with E-state index in [4.69, 9.17) is 1.37 Å². The van der Waals surface area contributed by atoms with Gasteiger partial charge in [-0.2, -0.15) is 0 Å². The summed E-state index contributed by atoms with van der Waals surface area (Å²) >= 11 is 0. The van der Waals surface area contributed by atoms with Crippen LogP contribution in [0.2, 0.25) is 0 Å². The molecule has 0 saturated carbocycles. The average molecular weight is 185 g/mol. The van der Waals surface area contributed by atoms with E-state index >= 15 is 0 Å². The molecule has 0 aliphatic rings. The molecule has 0 atom stereocenters. The minimum Gasteiger partial charge on any atom is -0.106 e. The number of terminal acetylenes is 1. The van der Waals surface area contributed by atoms with E-state index in [2.05, 4.69) is 77.0 Å². The molecule has 15 heavy (non-hydrogen) atoms. The van der Waals surface area contributed by atoms with Crippen molar-refractivity contribution < 1.29 is 1.37 Å². The number of hydrogen-bond donors (Lipinski definition) is 0. The third-order valence-electron chi connectivity index (χ3n) is 0.812. The molecule has 0 heterocycles. The maximum absolute atomic E-state index is 6.46. The van der Waals surface area contributed by atoms with Crippen molar-refractivity contribution in [3.8, 4) is 83.4 Å². The number of rotatable bonds is 0. The Kier molecular flexibility index (Phi) is 7.28. The first-order chi connectivity index (χ1) is 7.91. The standard InChI is InChI=1S/C15H4/c1-3-5-7-9-11-13-15-14-12-10-8-6-4-2/h1H,2H3/i1D. The van der Waals surface area contributed by atoms with Gasteiger partial charge in [0.25, 0.3) is 0 Å². The molecule has 64 valence electrons. The van der Waals surface area contributed by atoms with Crippen LogP contribution in [0.25, 0.3) is 0 Å². The lowest BCUT2D eigenvalue weighted by Crippen LogP contribution is -1.55. The molecule has 0 aliphatic heterocycles. The molecule has 0 spiro atoms. The van der Waals surface area contributed by atoms with Gasteiger partial charge in [0.2, 0.25) is 0 Å². The molecule has 0 N–H and O–H groups in total. The molecular formula is C15H4. The molecule has 0 radical (unpaired) electrons. The van der Waals surface area contributed by atoms with E-state index in [1.165, 1.54) is 0 Å². The highest BCUT2D eigenvalue weighted by molar-refractivity contribution is 5.44. The fourth-order valence-corrected chi connectivity index (χ4v) is 0.375. The third-order valence-corrected chi connectivity index (χ3v) is 0.812. The second-order valence-electron chi connectivity index (χ2n) is 1.75. The van der Waals surface area contributed by atoms with Gasteiger partial charge < -0.3 is 0 Å². The molecule has 0 aliphatic carbocycles. The van der Waals surface area contributed by atoms with Gasteiger partial charge in [0.15, 0.2) is 0 Å². The largest absolute Gasteiger partial charge is 0.125 e. The van der Waals surface area contributed by atoms with Crippen molar-refractivity contribution in [2.45, 2.75) is 6.92 Å². The summed E-state index contributed by atoms with van der Waals surface area (Å²) in [6.45, 7) is 1.70. The minimum absolute atomic E-state index is 1.70. The van der Waals surface area contributed by atoms with E-state index in [-0.39, 0.29) is 0 Å². The van der Waals surface area contributed by atoms with Gasteiger partial charge in [0, 0.05) is 0 Å². The van der Waals surface area contributed by atoms with Crippen LogP contribution in [0.5, 0.6) is 0 Å². The molecule has 0 fully saturated rings. The van der Waals surface area contributed by atoms with Gasteiger partial charge in [-0.05, 0) is 78.0 Å². The Balaban J connectivity index is 4.23. The Bertz CT molecular complexity index is 599. The maximum Gasteiger partial charge on any atom is 0.125 e. The second kappa shape index (κ2) is 10.9. The van der Waals surface area contributed by atoms with Crippen LogP contribution in [0.15, 0.2) is 0 Å². The van der Waals surface area contributed by atoms with Crippen molar-refractivity contribution in [2.24, 2.45) is 0 Å². The molecule has 0 aromatic heterocycles. The van der Waals surface area contributed by atoms with Crippen LogP contribution in [-0.2, 0) is 0 Å². The van der Waals surface area contributed by atoms with E-state index in [1.54, 1.807) is 6.92 Å². The predicted molar refractivity (Wildman–Crippen MR) is 61.2 cm³/mol. The minimum atomic E-state index is 1.70. The monoisotopic (exact) mass is 185 g/mol. The lowest BCUT2D eigenvalue weighted by Gasteiger charge is -1.55. The highest BCUT2D eigenvalue weighted by Gasteiger charge is 1.56. The van der Waals surface area contributed by atoms with E-state index in [1.807, 2.05) is 6.40 Å². The topological polar surface area (TPSA) is 0 Å². The first kappa shape index (κ1) is 10.0. The summed E-state index contributed by atoms with van der Waals surface area (Å²) in [5.41, 5.74) is 0. The molecule has 0 aromatic rings. The van der Waals surface area contributed by atoms with Gasteiger partial charge in [0.1, 0.15) is 1.37 Å². The average Bonchev–Trinajstić information content (AvgIpc) is 2.31. The molecular weight excluding hydrogens is 180 g/mol. The summed E-state index contributed by atoms with van der Waals surface area (Å²) in [6.07, 6.45) is 1.88. The van der Waals surface area contributed by atoms with Gasteiger partial charge in [0.05, 0.1) is 0 Å². The van der Waals surface area contributed by atoms with Crippen LogP contribution in [0, 0.1) is 83.4 Å². The van der Waals surface area contributed by atoms with Crippen molar-refractivity contribution >= 4 is 0 Å². The van der Waals surface area contributed by atoms with Crippen LogP contribution >= 0.6 is 0 Å². The Hall–Kier alpha value is -3.08. The quantitative estimate of drug-likeness (QED) is 0.486. The Labute approximate surface area is 92.2 Å². The van der Waals surface area contributed by atoms with Crippen LogP contribution in [0.1, 0.15) is 8.29 Å². The van der Waals surface area contributed by atoms with Gasteiger partial charge in [-0.1, -0.05) is 5.92 Å². The highest BCUT2D eigenvalue weighted by atomic mass is 13.6. The lowest BCUT2D eigenvalue weighted by molar-refractivity contribution is 1.92. The summed E-state index contributed by atoms with van der Waals surface area (Å²) in [6, 6.07) is 0. The zero-order valence-corrected chi connectivity index (χ0v) is 8.00. The smallest absolute Gasteiger partial charge is 0.106 e. The molecule has 0 heteroatoms. The summed E-state index contributed by atoms with van der Waals surface area (Å²) in [5.74, 6) is 32.0. The Morgan fingerprint density at radius 2 is 1.07 bits per heavy atom. The van der Waals surface area contributed by atoms with E-state index in [0.29, 0.717) is 0 Å². The molecule has 0 rings (SSSR count). The van der Waals surface area contributed by atoms with Crippen LogP contribution in [0.4, 0.5) is 0 Å².